The molecule has 0 aliphatic heterocycles. The van der Waals surface area contributed by atoms with Gasteiger partial charge in [-0.3, -0.25) is 4.57 Å². The molecule has 0 saturated carbocycles. The predicted molar refractivity (Wildman–Crippen MR) is 257 cm³/mol. The van der Waals surface area contributed by atoms with Crippen molar-refractivity contribution in [1.82, 2.24) is 14.5 Å². The first-order valence-electron chi connectivity index (χ1n) is 21.5. The van der Waals surface area contributed by atoms with E-state index in [1.807, 2.05) is 18.2 Å². The Kier molecular flexibility index (Phi) is 7.79. The minimum Gasteiger partial charge on any atom is -0.455 e. The van der Waals surface area contributed by atoms with Crippen molar-refractivity contribution in [3.8, 4) is 50.7 Å². The van der Waals surface area contributed by atoms with E-state index in [4.69, 9.17) is 14.4 Å². The van der Waals surface area contributed by atoms with Crippen LogP contribution in [0.2, 0.25) is 0 Å². The monoisotopic (exact) mass is 803 g/mol. The number of aromatic nitrogens is 3. The second-order valence-electron chi connectivity index (χ2n) is 16.5. The molecule has 3 heterocycles. The maximum Gasteiger partial charge on any atom is 0.235 e. The summed E-state index contributed by atoms with van der Waals surface area (Å²) in [5.74, 6) is 0.601. The van der Waals surface area contributed by atoms with Gasteiger partial charge in [-0.15, -0.1) is 0 Å². The van der Waals surface area contributed by atoms with Crippen LogP contribution in [0.5, 0.6) is 0 Å². The van der Waals surface area contributed by atoms with Crippen LogP contribution in [-0.4, -0.2) is 14.5 Å². The number of rotatable bonds is 6. The molecule has 3 aromatic heterocycles. The molecule has 0 atom stereocenters. The van der Waals surface area contributed by atoms with Crippen molar-refractivity contribution < 1.29 is 4.42 Å². The maximum absolute atomic E-state index is 6.55. The van der Waals surface area contributed by atoms with E-state index < -0.39 is 5.41 Å². The van der Waals surface area contributed by atoms with Gasteiger partial charge in [0, 0.05) is 32.7 Å². The van der Waals surface area contributed by atoms with Crippen molar-refractivity contribution >= 4 is 43.7 Å². The third-order valence-corrected chi connectivity index (χ3v) is 13.1. The number of benzene rings is 9. The van der Waals surface area contributed by atoms with E-state index in [1.54, 1.807) is 0 Å². The Morgan fingerprint density at radius 2 is 0.952 bits per heavy atom. The molecule has 12 aromatic rings. The van der Waals surface area contributed by atoms with E-state index in [-0.39, 0.29) is 0 Å². The summed E-state index contributed by atoms with van der Waals surface area (Å²) in [7, 11) is 0. The molecule has 0 saturated heterocycles. The molecule has 294 valence electrons. The number of para-hydroxylation sites is 3. The Bertz CT molecular complexity index is 3700. The first kappa shape index (κ1) is 35.4. The van der Waals surface area contributed by atoms with Gasteiger partial charge in [-0.1, -0.05) is 182 Å². The first-order valence-corrected chi connectivity index (χ1v) is 21.5. The average Bonchev–Trinajstić information content (AvgIpc) is 4.01. The van der Waals surface area contributed by atoms with E-state index in [0.29, 0.717) is 5.95 Å². The Labute approximate surface area is 364 Å². The van der Waals surface area contributed by atoms with Crippen molar-refractivity contribution in [3.63, 3.8) is 0 Å². The Morgan fingerprint density at radius 1 is 0.365 bits per heavy atom. The van der Waals surface area contributed by atoms with Gasteiger partial charge >= 0.3 is 0 Å². The molecule has 1 aliphatic carbocycles. The molecule has 9 aromatic carbocycles. The summed E-state index contributed by atoms with van der Waals surface area (Å²) in [6, 6.07) is 80.4. The molecule has 0 N–H and O–H groups in total. The number of hydrogen-bond acceptors (Lipinski definition) is 3. The lowest BCUT2D eigenvalue weighted by Gasteiger charge is -2.34. The van der Waals surface area contributed by atoms with Gasteiger partial charge in [0.1, 0.15) is 11.2 Å². The zero-order valence-electron chi connectivity index (χ0n) is 34.1. The van der Waals surface area contributed by atoms with Crippen molar-refractivity contribution in [2.75, 3.05) is 0 Å². The quantitative estimate of drug-likeness (QED) is 0.168. The second kappa shape index (κ2) is 13.8. The average molecular weight is 804 g/mol. The molecule has 0 fully saturated rings. The zero-order valence-corrected chi connectivity index (χ0v) is 34.1. The highest BCUT2D eigenvalue weighted by Crippen LogP contribution is 2.56. The van der Waals surface area contributed by atoms with Gasteiger partial charge in [0.15, 0.2) is 0 Å². The van der Waals surface area contributed by atoms with Gasteiger partial charge in [0.05, 0.1) is 27.8 Å². The third kappa shape index (κ3) is 5.28. The van der Waals surface area contributed by atoms with Crippen LogP contribution in [0.1, 0.15) is 22.3 Å². The molecule has 0 bridgehead atoms. The summed E-state index contributed by atoms with van der Waals surface area (Å²) >= 11 is 0. The van der Waals surface area contributed by atoms with Gasteiger partial charge in [-0.05, 0) is 87.0 Å². The van der Waals surface area contributed by atoms with Crippen LogP contribution in [-0.2, 0) is 5.41 Å². The molecule has 63 heavy (non-hydrogen) atoms. The molecule has 0 unspecified atom stereocenters. The molecule has 0 radical (unpaired) electrons. The minimum atomic E-state index is -0.476. The zero-order chi connectivity index (χ0) is 41.5. The Morgan fingerprint density at radius 3 is 1.76 bits per heavy atom. The standard InChI is InChI=1S/C59H37N3O/c1-4-17-38(18-5-1)52-37-53(48-27-16-26-47-46-25-12-15-30-56(46)63-57(47)48)61-58(60-52)62-54-29-14-11-24-45(54)49-35-39(32-34-55(49)62)40-31-33-44-43-23-10-13-28-50(43)59(51(44)36-40,41-19-6-2-7-20-41)42-21-8-3-9-22-42/h1-37H. The molecule has 13 rings (SSSR count). The SMILES string of the molecule is c1ccc(-c2cc(-c3cccc4c3oc3ccccc34)nc(-n3c4ccccc4c4cc(-c5ccc6c(c5)C(c5ccccc5)(c5ccccc5)c5ccccc5-6)ccc43)n2)cc1. The topological polar surface area (TPSA) is 43.9 Å². The van der Waals surface area contributed by atoms with Gasteiger partial charge in [0.2, 0.25) is 5.95 Å². The highest BCUT2D eigenvalue weighted by atomic mass is 16.3. The molecular formula is C59H37N3O. The van der Waals surface area contributed by atoms with Crippen LogP contribution in [0.4, 0.5) is 0 Å². The van der Waals surface area contributed by atoms with E-state index in [9.17, 15) is 0 Å². The summed E-state index contributed by atoms with van der Waals surface area (Å²) in [5.41, 5.74) is 16.8. The molecule has 1 aliphatic rings. The van der Waals surface area contributed by atoms with E-state index in [1.165, 1.54) is 38.9 Å². The van der Waals surface area contributed by atoms with Crippen LogP contribution < -0.4 is 0 Å². The van der Waals surface area contributed by atoms with Gasteiger partial charge < -0.3 is 4.42 Å². The fourth-order valence-electron chi connectivity index (χ4n) is 10.4. The minimum absolute atomic E-state index is 0.476. The third-order valence-electron chi connectivity index (χ3n) is 13.1. The van der Waals surface area contributed by atoms with E-state index in [0.717, 1.165) is 71.8 Å². The van der Waals surface area contributed by atoms with Crippen LogP contribution in [0.25, 0.3) is 94.5 Å². The summed E-state index contributed by atoms with van der Waals surface area (Å²) < 4.78 is 8.77. The molecule has 4 heteroatoms. The number of nitrogens with zero attached hydrogens (tertiary/aromatic N) is 3. The number of furan rings is 1. The Hall–Kier alpha value is -8.34. The van der Waals surface area contributed by atoms with E-state index in [2.05, 4.69) is 211 Å². The number of hydrogen-bond donors (Lipinski definition) is 0. The largest absolute Gasteiger partial charge is 0.455 e. The van der Waals surface area contributed by atoms with Crippen LogP contribution in [0.3, 0.4) is 0 Å². The van der Waals surface area contributed by atoms with Crippen LogP contribution >= 0.6 is 0 Å². The van der Waals surface area contributed by atoms with Gasteiger partial charge in [-0.25, -0.2) is 9.97 Å². The molecule has 0 spiro atoms. The summed E-state index contributed by atoms with van der Waals surface area (Å²) in [6.45, 7) is 0. The Balaban J connectivity index is 1.02. The van der Waals surface area contributed by atoms with Gasteiger partial charge in [-0.2, -0.15) is 0 Å². The smallest absolute Gasteiger partial charge is 0.235 e. The van der Waals surface area contributed by atoms with Crippen molar-refractivity contribution in [3.05, 3.63) is 247 Å². The predicted octanol–water partition coefficient (Wildman–Crippen LogP) is 14.8. The lowest BCUT2D eigenvalue weighted by Crippen LogP contribution is -2.28. The summed E-state index contributed by atoms with van der Waals surface area (Å²) in [4.78, 5) is 10.7. The lowest BCUT2D eigenvalue weighted by atomic mass is 9.67. The highest BCUT2D eigenvalue weighted by Gasteiger charge is 2.46. The first-order chi connectivity index (χ1) is 31.2. The maximum atomic E-state index is 6.55. The number of fused-ring (bicyclic) bond motifs is 9. The van der Waals surface area contributed by atoms with Crippen LogP contribution in [0.15, 0.2) is 229 Å². The van der Waals surface area contributed by atoms with E-state index >= 15 is 0 Å². The fourth-order valence-corrected chi connectivity index (χ4v) is 10.4. The fraction of sp³-hybridized carbons (Fsp3) is 0.0169. The lowest BCUT2D eigenvalue weighted by molar-refractivity contribution is 0.670. The highest BCUT2D eigenvalue weighted by molar-refractivity contribution is 6.11. The van der Waals surface area contributed by atoms with Crippen molar-refractivity contribution in [1.29, 1.82) is 0 Å². The summed E-state index contributed by atoms with van der Waals surface area (Å²) in [5, 5.41) is 4.43. The normalized spacial score (nSPS) is 12.9. The molecule has 4 nitrogen and oxygen atoms in total. The van der Waals surface area contributed by atoms with Crippen LogP contribution in [0, 0.1) is 0 Å². The molecular weight excluding hydrogens is 767 g/mol. The second-order valence-corrected chi connectivity index (χ2v) is 16.5. The van der Waals surface area contributed by atoms with Crippen molar-refractivity contribution in [2.24, 2.45) is 0 Å². The summed E-state index contributed by atoms with van der Waals surface area (Å²) in [6.07, 6.45) is 0. The van der Waals surface area contributed by atoms with Crippen molar-refractivity contribution in [2.45, 2.75) is 5.41 Å². The van der Waals surface area contributed by atoms with Gasteiger partial charge in [0.25, 0.3) is 0 Å². The molecule has 0 amide bonds.